The smallest absolute Gasteiger partial charge is 0.292 e. The minimum absolute atomic E-state index is 0.0234. The van der Waals surface area contributed by atoms with Crippen molar-refractivity contribution in [2.75, 3.05) is 31.6 Å². The van der Waals surface area contributed by atoms with Crippen molar-refractivity contribution in [3.63, 3.8) is 0 Å². The Morgan fingerprint density at radius 3 is 2.90 bits per heavy atom. The van der Waals surface area contributed by atoms with Crippen molar-refractivity contribution >= 4 is 17.3 Å². The first-order valence-electron chi connectivity index (χ1n) is 6.52. The van der Waals surface area contributed by atoms with Gasteiger partial charge in [-0.25, -0.2) is 0 Å². The van der Waals surface area contributed by atoms with Crippen LogP contribution in [0.2, 0.25) is 0 Å². The summed E-state index contributed by atoms with van der Waals surface area (Å²) in [5.41, 5.74) is 6.58. The summed E-state index contributed by atoms with van der Waals surface area (Å²) < 4.78 is 0. The fraction of sp³-hybridized carbons (Fsp3) is 0.462. The Labute approximate surface area is 116 Å². The van der Waals surface area contributed by atoms with E-state index in [-0.39, 0.29) is 11.6 Å². The molecule has 0 aliphatic carbocycles. The molecule has 2 rings (SSSR count). The molecule has 1 fully saturated rings. The maximum atomic E-state index is 11.7. The molecule has 1 aliphatic rings. The van der Waals surface area contributed by atoms with Crippen molar-refractivity contribution < 1.29 is 9.72 Å². The summed E-state index contributed by atoms with van der Waals surface area (Å²) in [5.74, 6) is 0.0916. The van der Waals surface area contributed by atoms with Crippen LogP contribution in [0.5, 0.6) is 0 Å². The monoisotopic (exact) mass is 278 g/mol. The lowest BCUT2D eigenvalue weighted by Gasteiger charge is -2.19. The first-order valence-corrected chi connectivity index (χ1v) is 6.52. The van der Waals surface area contributed by atoms with Crippen LogP contribution in [-0.4, -0.2) is 37.5 Å². The second kappa shape index (κ2) is 5.87. The average Bonchev–Trinajstić information content (AvgIpc) is 2.94. The molecule has 1 heterocycles. The molecule has 1 unspecified atom stereocenters. The molecule has 20 heavy (non-hydrogen) atoms. The van der Waals surface area contributed by atoms with Gasteiger partial charge in [0.25, 0.3) is 11.6 Å². The van der Waals surface area contributed by atoms with Crippen molar-refractivity contribution in [1.29, 1.82) is 0 Å². The molecule has 0 saturated carbocycles. The van der Waals surface area contributed by atoms with E-state index in [1.165, 1.54) is 19.2 Å². The largest absolute Gasteiger partial charge is 0.366 e. The van der Waals surface area contributed by atoms with Gasteiger partial charge in [-0.05, 0) is 31.0 Å². The SMILES string of the molecule is CNC(=O)c1ccc([N+](=O)[O-])c(N2CCC(CN)C2)c1. The Kier molecular flexibility index (Phi) is 4.19. The summed E-state index contributed by atoms with van der Waals surface area (Å²) >= 11 is 0. The summed E-state index contributed by atoms with van der Waals surface area (Å²) in [6, 6.07) is 4.43. The predicted molar refractivity (Wildman–Crippen MR) is 75.9 cm³/mol. The van der Waals surface area contributed by atoms with E-state index in [2.05, 4.69) is 5.32 Å². The molecule has 1 saturated heterocycles. The predicted octanol–water partition coefficient (Wildman–Crippen LogP) is 0.739. The number of amides is 1. The van der Waals surface area contributed by atoms with Crippen molar-refractivity contribution in [2.24, 2.45) is 11.7 Å². The van der Waals surface area contributed by atoms with Crippen LogP contribution in [0.15, 0.2) is 18.2 Å². The number of anilines is 1. The van der Waals surface area contributed by atoms with Crippen LogP contribution in [0.3, 0.4) is 0 Å². The van der Waals surface area contributed by atoms with Gasteiger partial charge in [0.1, 0.15) is 5.69 Å². The van der Waals surface area contributed by atoms with E-state index in [4.69, 9.17) is 5.73 Å². The second-order valence-electron chi connectivity index (χ2n) is 4.88. The third-order valence-electron chi connectivity index (χ3n) is 3.62. The molecule has 1 aromatic rings. The molecule has 0 radical (unpaired) electrons. The molecule has 0 spiro atoms. The fourth-order valence-corrected chi connectivity index (χ4v) is 2.46. The molecule has 3 N–H and O–H groups in total. The van der Waals surface area contributed by atoms with E-state index in [1.807, 2.05) is 4.90 Å². The van der Waals surface area contributed by atoms with Crippen LogP contribution in [0.4, 0.5) is 11.4 Å². The van der Waals surface area contributed by atoms with Gasteiger partial charge in [-0.3, -0.25) is 14.9 Å². The highest BCUT2D eigenvalue weighted by Crippen LogP contribution is 2.32. The Morgan fingerprint density at radius 2 is 2.35 bits per heavy atom. The van der Waals surface area contributed by atoms with Crippen LogP contribution < -0.4 is 16.0 Å². The van der Waals surface area contributed by atoms with Crippen molar-refractivity contribution in [2.45, 2.75) is 6.42 Å². The van der Waals surface area contributed by atoms with E-state index < -0.39 is 4.92 Å². The Morgan fingerprint density at radius 1 is 1.60 bits per heavy atom. The molecular formula is C13H18N4O3. The number of hydrogen-bond acceptors (Lipinski definition) is 5. The summed E-state index contributed by atoms with van der Waals surface area (Å²) in [6.45, 7) is 1.98. The number of rotatable bonds is 4. The number of benzene rings is 1. The topological polar surface area (TPSA) is 101 Å². The van der Waals surface area contributed by atoms with Gasteiger partial charge in [-0.1, -0.05) is 0 Å². The van der Waals surface area contributed by atoms with E-state index in [9.17, 15) is 14.9 Å². The van der Waals surface area contributed by atoms with Crippen LogP contribution in [-0.2, 0) is 0 Å². The zero-order valence-corrected chi connectivity index (χ0v) is 11.3. The van der Waals surface area contributed by atoms with Crippen molar-refractivity contribution in [3.8, 4) is 0 Å². The van der Waals surface area contributed by atoms with E-state index >= 15 is 0 Å². The molecule has 0 aromatic heterocycles. The molecule has 7 heteroatoms. The highest BCUT2D eigenvalue weighted by Gasteiger charge is 2.27. The molecule has 1 atom stereocenters. The van der Waals surface area contributed by atoms with E-state index in [0.29, 0.717) is 30.3 Å². The van der Waals surface area contributed by atoms with Crippen LogP contribution in [0, 0.1) is 16.0 Å². The van der Waals surface area contributed by atoms with Crippen molar-refractivity contribution in [1.82, 2.24) is 5.32 Å². The highest BCUT2D eigenvalue weighted by molar-refractivity contribution is 5.95. The molecular weight excluding hydrogens is 260 g/mol. The summed E-state index contributed by atoms with van der Waals surface area (Å²) in [5, 5.41) is 13.7. The summed E-state index contributed by atoms with van der Waals surface area (Å²) in [4.78, 5) is 24.3. The number of carbonyl (C=O) groups is 1. The van der Waals surface area contributed by atoms with Gasteiger partial charge in [0.05, 0.1) is 4.92 Å². The Hall–Kier alpha value is -2.15. The van der Waals surface area contributed by atoms with Crippen LogP contribution in [0.1, 0.15) is 16.8 Å². The fourth-order valence-electron chi connectivity index (χ4n) is 2.46. The quantitative estimate of drug-likeness (QED) is 0.624. The standard InChI is InChI=1S/C13H18N4O3/c1-15-13(18)10-2-3-11(17(19)20)12(6-10)16-5-4-9(7-14)8-16/h2-3,6,9H,4-5,7-8,14H2,1H3,(H,15,18). The molecule has 108 valence electrons. The summed E-state index contributed by atoms with van der Waals surface area (Å²) in [6.07, 6.45) is 0.915. The average molecular weight is 278 g/mol. The normalized spacial score (nSPS) is 18.1. The minimum atomic E-state index is -0.418. The zero-order chi connectivity index (χ0) is 14.7. The van der Waals surface area contributed by atoms with Crippen LogP contribution in [0.25, 0.3) is 0 Å². The number of nitrogens with zero attached hydrogens (tertiary/aromatic N) is 2. The van der Waals surface area contributed by atoms with Crippen molar-refractivity contribution in [3.05, 3.63) is 33.9 Å². The lowest BCUT2D eigenvalue weighted by Crippen LogP contribution is -2.24. The second-order valence-corrected chi connectivity index (χ2v) is 4.88. The number of nitrogens with two attached hydrogens (primary N) is 1. The molecule has 0 bridgehead atoms. The first-order chi connectivity index (χ1) is 9.56. The third-order valence-corrected chi connectivity index (χ3v) is 3.62. The third kappa shape index (κ3) is 2.72. The van der Waals surface area contributed by atoms with Gasteiger partial charge in [-0.2, -0.15) is 0 Å². The van der Waals surface area contributed by atoms with Crippen LogP contribution >= 0.6 is 0 Å². The first kappa shape index (κ1) is 14.3. The molecule has 1 amide bonds. The molecule has 7 nitrogen and oxygen atoms in total. The number of carbonyl (C=O) groups excluding carboxylic acids is 1. The Balaban J connectivity index is 2.37. The minimum Gasteiger partial charge on any atom is -0.366 e. The number of nitro benzene ring substituents is 1. The van der Waals surface area contributed by atoms with E-state index in [1.54, 1.807) is 6.07 Å². The lowest BCUT2D eigenvalue weighted by molar-refractivity contribution is -0.384. The number of nitro groups is 1. The number of nitrogens with one attached hydrogen (secondary N) is 1. The lowest BCUT2D eigenvalue weighted by atomic mass is 10.1. The van der Waals surface area contributed by atoms with Gasteiger partial charge in [0, 0.05) is 31.8 Å². The van der Waals surface area contributed by atoms with Gasteiger partial charge in [-0.15, -0.1) is 0 Å². The molecule has 1 aliphatic heterocycles. The number of hydrogen-bond donors (Lipinski definition) is 2. The van der Waals surface area contributed by atoms with Gasteiger partial charge < -0.3 is 16.0 Å². The highest BCUT2D eigenvalue weighted by atomic mass is 16.6. The van der Waals surface area contributed by atoms with Gasteiger partial charge in [0.15, 0.2) is 0 Å². The van der Waals surface area contributed by atoms with Gasteiger partial charge >= 0.3 is 0 Å². The van der Waals surface area contributed by atoms with E-state index in [0.717, 1.165) is 13.0 Å². The maximum Gasteiger partial charge on any atom is 0.292 e. The molecule has 1 aromatic carbocycles. The Bertz CT molecular complexity index is 532. The maximum absolute atomic E-state index is 11.7. The van der Waals surface area contributed by atoms with Gasteiger partial charge in [0.2, 0.25) is 0 Å². The zero-order valence-electron chi connectivity index (χ0n) is 11.3. The summed E-state index contributed by atoms with van der Waals surface area (Å²) in [7, 11) is 1.53.